The fraction of sp³-hybridized carbons (Fsp3) is 0.529. The number of furan rings is 1. The second kappa shape index (κ2) is 6.02. The molecule has 1 aliphatic heterocycles. The Morgan fingerprint density at radius 3 is 2.80 bits per heavy atom. The van der Waals surface area contributed by atoms with E-state index in [-0.39, 0.29) is 17.2 Å². The fourth-order valence-corrected chi connectivity index (χ4v) is 3.69. The zero-order valence-corrected chi connectivity index (χ0v) is 13.7. The van der Waals surface area contributed by atoms with Crippen molar-refractivity contribution in [1.82, 2.24) is 15.0 Å². The summed E-state index contributed by atoms with van der Waals surface area (Å²) in [5, 5.41) is 13.0. The lowest BCUT2D eigenvalue weighted by Gasteiger charge is -2.32. The number of aromatic nitrogens is 2. The average molecular weight is 345 g/mol. The third kappa shape index (κ3) is 3.04. The largest absolute Gasteiger partial charge is 0.481 e. The molecule has 3 heterocycles. The molecule has 1 saturated carbocycles. The van der Waals surface area contributed by atoms with Crippen molar-refractivity contribution in [3.05, 3.63) is 24.3 Å². The standard InChI is InChI=1S/C17H19N3O5/c21-14(20-7-5-17(6-8-20)10-11(17)16(22)23)4-3-13-18-15(19-25-13)12-2-1-9-24-12/h1-2,9,11H,3-8,10H2,(H,22,23). The van der Waals surface area contributed by atoms with Gasteiger partial charge in [0.2, 0.25) is 17.6 Å². The molecular formula is C17H19N3O5. The second-order valence-electron chi connectivity index (χ2n) is 6.83. The summed E-state index contributed by atoms with van der Waals surface area (Å²) in [6.45, 7) is 1.26. The van der Waals surface area contributed by atoms with Crippen molar-refractivity contribution >= 4 is 11.9 Å². The Balaban J connectivity index is 1.27. The number of carboxylic acids is 1. The first-order chi connectivity index (χ1) is 12.1. The van der Waals surface area contributed by atoms with Gasteiger partial charge in [-0.2, -0.15) is 4.98 Å². The highest BCUT2D eigenvalue weighted by molar-refractivity contribution is 5.77. The highest BCUT2D eigenvalue weighted by atomic mass is 16.5. The van der Waals surface area contributed by atoms with Crippen LogP contribution in [0.4, 0.5) is 0 Å². The van der Waals surface area contributed by atoms with Gasteiger partial charge in [-0.25, -0.2) is 0 Å². The number of aliphatic carboxylic acids is 1. The van der Waals surface area contributed by atoms with Gasteiger partial charge in [0, 0.05) is 25.9 Å². The second-order valence-corrected chi connectivity index (χ2v) is 6.83. The fourth-order valence-electron chi connectivity index (χ4n) is 3.69. The van der Waals surface area contributed by atoms with Crippen LogP contribution >= 0.6 is 0 Å². The van der Waals surface area contributed by atoms with Crippen LogP contribution in [0, 0.1) is 11.3 Å². The van der Waals surface area contributed by atoms with Crippen LogP contribution in [0.5, 0.6) is 0 Å². The molecule has 1 atom stereocenters. The zero-order chi connectivity index (χ0) is 17.4. The topological polar surface area (TPSA) is 110 Å². The first-order valence-corrected chi connectivity index (χ1v) is 8.44. The van der Waals surface area contributed by atoms with Crippen LogP contribution in [0.15, 0.2) is 27.3 Å². The van der Waals surface area contributed by atoms with Gasteiger partial charge in [-0.05, 0) is 36.8 Å². The van der Waals surface area contributed by atoms with Gasteiger partial charge < -0.3 is 18.9 Å². The highest BCUT2D eigenvalue weighted by Crippen LogP contribution is 2.59. The van der Waals surface area contributed by atoms with E-state index in [9.17, 15) is 9.59 Å². The van der Waals surface area contributed by atoms with Crippen LogP contribution in [-0.4, -0.2) is 45.1 Å². The molecule has 8 heteroatoms. The molecule has 4 rings (SSSR count). The number of hydrogen-bond donors (Lipinski definition) is 1. The monoisotopic (exact) mass is 345 g/mol. The molecule has 1 N–H and O–H groups in total. The number of carbonyl (C=O) groups is 2. The van der Waals surface area contributed by atoms with E-state index >= 15 is 0 Å². The number of aryl methyl sites for hydroxylation is 1. The highest BCUT2D eigenvalue weighted by Gasteiger charge is 2.59. The third-order valence-electron chi connectivity index (χ3n) is 5.36. The van der Waals surface area contributed by atoms with Crippen LogP contribution in [0.2, 0.25) is 0 Å². The van der Waals surface area contributed by atoms with Gasteiger partial charge in [-0.15, -0.1) is 0 Å². The summed E-state index contributed by atoms with van der Waals surface area (Å²) >= 11 is 0. The van der Waals surface area contributed by atoms with Crippen molar-refractivity contribution in [1.29, 1.82) is 0 Å². The maximum Gasteiger partial charge on any atom is 0.307 e. The number of rotatable bonds is 5. The van der Waals surface area contributed by atoms with Gasteiger partial charge in [-0.1, -0.05) is 5.16 Å². The molecule has 1 aliphatic carbocycles. The molecule has 1 unspecified atom stereocenters. The minimum absolute atomic E-state index is 0.0418. The van der Waals surface area contributed by atoms with Crippen molar-refractivity contribution in [3.8, 4) is 11.6 Å². The lowest BCUT2D eigenvalue weighted by molar-refractivity contribution is -0.139. The van der Waals surface area contributed by atoms with Gasteiger partial charge in [0.1, 0.15) is 0 Å². The molecule has 1 amide bonds. The molecule has 0 aromatic carbocycles. The Labute approximate surface area is 143 Å². The molecule has 0 radical (unpaired) electrons. The first kappa shape index (κ1) is 15.9. The predicted octanol–water partition coefficient (Wildman–Crippen LogP) is 1.98. The normalized spacial score (nSPS) is 21.4. The van der Waals surface area contributed by atoms with Crippen molar-refractivity contribution in [3.63, 3.8) is 0 Å². The molecule has 2 aromatic rings. The van der Waals surface area contributed by atoms with Gasteiger partial charge in [0.25, 0.3) is 0 Å². The van der Waals surface area contributed by atoms with Crippen molar-refractivity contribution in [2.75, 3.05) is 13.1 Å². The summed E-state index contributed by atoms with van der Waals surface area (Å²) in [4.78, 5) is 29.5. The molecule has 132 valence electrons. The van der Waals surface area contributed by atoms with Gasteiger partial charge >= 0.3 is 5.97 Å². The molecule has 2 aromatic heterocycles. The number of hydrogen-bond acceptors (Lipinski definition) is 6. The minimum atomic E-state index is -0.705. The quantitative estimate of drug-likeness (QED) is 0.882. The number of amides is 1. The van der Waals surface area contributed by atoms with E-state index in [1.807, 2.05) is 4.90 Å². The Kier molecular flexibility index (Phi) is 3.82. The van der Waals surface area contributed by atoms with E-state index in [4.69, 9.17) is 14.0 Å². The van der Waals surface area contributed by atoms with Gasteiger partial charge in [0.05, 0.1) is 12.2 Å². The summed E-state index contributed by atoms with van der Waals surface area (Å²) in [6, 6.07) is 3.48. The molecule has 25 heavy (non-hydrogen) atoms. The molecule has 1 saturated heterocycles. The smallest absolute Gasteiger partial charge is 0.307 e. The molecule has 2 aliphatic rings. The van der Waals surface area contributed by atoms with Crippen molar-refractivity contribution in [2.45, 2.75) is 32.1 Å². The Bertz CT molecular complexity index is 774. The lowest BCUT2D eigenvalue weighted by atomic mass is 9.90. The first-order valence-electron chi connectivity index (χ1n) is 8.44. The molecule has 2 fully saturated rings. The Hall–Kier alpha value is -2.64. The van der Waals surface area contributed by atoms with E-state index < -0.39 is 5.97 Å². The number of nitrogens with zero attached hydrogens (tertiary/aromatic N) is 3. The number of carbonyl (C=O) groups excluding carboxylic acids is 1. The van der Waals surface area contributed by atoms with Crippen LogP contribution in [-0.2, 0) is 16.0 Å². The number of likely N-dealkylation sites (tertiary alicyclic amines) is 1. The maximum absolute atomic E-state index is 12.4. The molecule has 8 nitrogen and oxygen atoms in total. The summed E-state index contributed by atoms with van der Waals surface area (Å²) in [5.41, 5.74) is -0.0625. The number of piperidine rings is 1. The van der Waals surface area contributed by atoms with Gasteiger partial charge in [-0.3, -0.25) is 9.59 Å². The zero-order valence-electron chi connectivity index (χ0n) is 13.7. The molecular weight excluding hydrogens is 326 g/mol. The van der Waals surface area contributed by atoms with E-state index in [0.29, 0.717) is 43.4 Å². The average Bonchev–Trinajstić information content (AvgIpc) is 3.02. The lowest BCUT2D eigenvalue weighted by Crippen LogP contribution is -2.40. The summed E-state index contributed by atoms with van der Waals surface area (Å²) in [6.07, 6.45) is 4.52. The minimum Gasteiger partial charge on any atom is -0.481 e. The third-order valence-corrected chi connectivity index (χ3v) is 5.36. The Morgan fingerprint density at radius 1 is 1.36 bits per heavy atom. The van der Waals surface area contributed by atoms with Crippen LogP contribution in [0.25, 0.3) is 11.6 Å². The van der Waals surface area contributed by atoms with Crippen molar-refractivity contribution < 1.29 is 23.6 Å². The van der Waals surface area contributed by atoms with Crippen molar-refractivity contribution in [2.24, 2.45) is 11.3 Å². The Morgan fingerprint density at radius 2 is 2.16 bits per heavy atom. The number of carboxylic acid groups (broad SMARTS) is 1. The predicted molar refractivity (Wildman–Crippen MR) is 84.3 cm³/mol. The van der Waals surface area contributed by atoms with Crippen LogP contribution < -0.4 is 0 Å². The summed E-state index contributed by atoms with van der Waals surface area (Å²) in [7, 11) is 0. The SMILES string of the molecule is O=C(O)C1CC12CCN(C(=O)CCc1nc(-c3ccco3)no1)CC2. The van der Waals surface area contributed by atoms with E-state index in [1.165, 1.54) is 6.26 Å². The molecule has 0 bridgehead atoms. The van der Waals surface area contributed by atoms with Crippen LogP contribution in [0.1, 0.15) is 31.6 Å². The molecule has 1 spiro atoms. The summed E-state index contributed by atoms with van der Waals surface area (Å²) < 4.78 is 10.4. The van der Waals surface area contributed by atoms with E-state index in [0.717, 1.165) is 19.3 Å². The van der Waals surface area contributed by atoms with E-state index in [2.05, 4.69) is 10.1 Å². The van der Waals surface area contributed by atoms with Crippen LogP contribution in [0.3, 0.4) is 0 Å². The van der Waals surface area contributed by atoms with E-state index in [1.54, 1.807) is 12.1 Å². The summed E-state index contributed by atoms with van der Waals surface area (Å²) in [5.74, 6) is 0.425. The van der Waals surface area contributed by atoms with Gasteiger partial charge in [0.15, 0.2) is 5.76 Å². The maximum atomic E-state index is 12.4.